The molecule has 0 saturated carbocycles. The van der Waals surface area contributed by atoms with Gasteiger partial charge in [0.1, 0.15) is 11.5 Å². The molecular formula is C33H22Cl2N2O3. The van der Waals surface area contributed by atoms with E-state index >= 15 is 0 Å². The van der Waals surface area contributed by atoms with Gasteiger partial charge < -0.3 is 10.2 Å². The number of nitrogens with one attached hydrogen (secondary N) is 1. The maximum atomic E-state index is 14.7. The third kappa shape index (κ3) is 3.38. The van der Waals surface area contributed by atoms with Crippen molar-refractivity contribution in [1.82, 2.24) is 4.90 Å². The number of amides is 1. The Balaban J connectivity index is 1.55. The minimum absolute atomic E-state index is 0.292. The number of hydrogen-bond acceptors (Lipinski definition) is 4. The van der Waals surface area contributed by atoms with Crippen molar-refractivity contribution in [2.75, 3.05) is 5.32 Å². The standard InChI is InChI=1S/C33H22Cl2N2O3/c34-21-15-13-20(14-16-21)29(38)27-28(30(39)23-9-3-5-11-25(23)35)37-18-17-19-7-1-2-8-22(19)31(37)33(27)24-10-4-6-12-26(24)36-32(33)40/h1-18,27-28,31H,(H,36,40)/t27-,28+,31+,33-/m1/s1. The summed E-state index contributed by atoms with van der Waals surface area (Å²) in [6.45, 7) is 0. The van der Waals surface area contributed by atoms with Crippen LogP contribution in [0, 0.1) is 5.92 Å². The van der Waals surface area contributed by atoms with E-state index < -0.39 is 23.4 Å². The number of carbonyl (C=O) groups excluding carboxylic acids is 3. The molecule has 196 valence electrons. The Kier molecular flexibility index (Phi) is 5.70. The molecule has 0 aromatic heterocycles. The Morgan fingerprint density at radius 3 is 2.30 bits per heavy atom. The molecule has 0 unspecified atom stereocenters. The van der Waals surface area contributed by atoms with Crippen LogP contribution in [-0.2, 0) is 10.2 Å². The van der Waals surface area contributed by atoms with E-state index in [1.807, 2.05) is 65.7 Å². The number of fused-ring (bicyclic) bond motifs is 6. The number of hydrogen-bond donors (Lipinski definition) is 1. The predicted molar refractivity (Wildman–Crippen MR) is 156 cm³/mol. The topological polar surface area (TPSA) is 66.5 Å². The first-order valence-electron chi connectivity index (χ1n) is 13.0. The second-order valence-electron chi connectivity index (χ2n) is 10.3. The van der Waals surface area contributed by atoms with Crippen LogP contribution in [0.3, 0.4) is 0 Å². The van der Waals surface area contributed by atoms with Crippen molar-refractivity contribution in [2.24, 2.45) is 5.92 Å². The Labute approximate surface area is 241 Å². The molecule has 5 nitrogen and oxygen atoms in total. The lowest BCUT2D eigenvalue weighted by Crippen LogP contribution is -2.49. The molecule has 0 aliphatic carbocycles. The number of rotatable bonds is 4. The van der Waals surface area contributed by atoms with Crippen molar-refractivity contribution < 1.29 is 14.4 Å². The summed E-state index contributed by atoms with van der Waals surface area (Å²) in [5.41, 5.74) is 2.43. The summed E-state index contributed by atoms with van der Waals surface area (Å²) in [6.07, 6.45) is 3.78. The quantitative estimate of drug-likeness (QED) is 0.272. The van der Waals surface area contributed by atoms with Crippen molar-refractivity contribution in [2.45, 2.75) is 17.5 Å². The molecular weight excluding hydrogens is 543 g/mol. The summed E-state index contributed by atoms with van der Waals surface area (Å²) in [6, 6.07) is 27.0. The van der Waals surface area contributed by atoms with Gasteiger partial charge in [-0.05, 0) is 65.2 Å². The second-order valence-corrected chi connectivity index (χ2v) is 11.1. The van der Waals surface area contributed by atoms with Crippen LogP contribution in [0.5, 0.6) is 0 Å². The van der Waals surface area contributed by atoms with Crippen molar-refractivity contribution >= 4 is 52.4 Å². The van der Waals surface area contributed by atoms with E-state index in [-0.39, 0.29) is 17.5 Å². The zero-order valence-corrected chi connectivity index (χ0v) is 22.6. The minimum Gasteiger partial charge on any atom is -0.358 e. The van der Waals surface area contributed by atoms with E-state index in [4.69, 9.17) is 23.2 Å². The second kappa shape index (κ2) is 9.19. The van der Waals surface area contributed by atoms with E-state index in [2.05, 4.69) is 5.32 Å². The average Bonchev–Trinajstić information content (AvgIpc) is 3.45. The van der Waals surface area contributed by atoms with Crippen molar-refractivity contribution in [3.63, 3.8) is 0 Å². The lowest BCUT2D eigenvalue weighted by molar-refractivity contribution is -0.122. The highest BCUT2D eigenvalue weighted by atomic mass is 35.5. The summed E-state index contributed by atoms with van der Waals surface area (Å²) < 4.78 is 0. The summed E-state index contributed by atoms with van der Waals surface area (Å²) in [7, 11) is 0. The molecule has 0 radical (unpaired) electrons. The van der Waals surface area contributed by atoms with E-state index in [1.54, 1.807) is 48.5 Å². The molecule has 7 heteroatoms. The number of halogens is 2. The molecule has 4 atom stereocenters. The van der Waals surface area contributed by atoms with Gasteiger partial charge in [-0.1, -0.05) is 77.8 Å². The van der Waals surface area contributed by atoms with Crippen LogP contribution in [0.2, 0.25) is 10.0 Å². The highest BCUT2D eigenvalue weighted by Crippen LogP contribution is 2.62. The van der Waals surface area contributed by atoms with Crippen LogP contribution in [0.25, 0.3) is 6.08 Å². The van der Waals surface area contributed by atoms with Gasteiger partial charge in [0.15, 0.2) is 11.6 Å². The zero-order chi connectivity index (χ0) is 27.6. The van der Waals surface area contributed by atoms with Gasteiger partial charge in [-0.3, -0.25) is 14.4 Å². The van der Waals surface area contributed by atoms with Gasteiger partial charge in [0.05, 0.1) is 17.0 Å². The van der Waals surface area contributed by atoms with Gasteiger partial charge in [-0.25, -0.2) is 0 Å². The summed E-state index contributed by atoms with van der Waals surface area (Å²) in [5, 5.41) is 3.83. The van der Waals surface area contributed by atoms with Crippen LogP contribution in [0.4, 0.5) is 5.69 Å². The molecule has 7 rings (SSSR count). The average molecular weight is 565 g/mol. The fourth-order valence-corrected chi connectivity index (χ4v) is 7.14. The van der Waals surface area contributed by atoms with Crippen LogP contribution in [0.1, 0.15) is 43.4 Å². The molecule has 1 amide bonds. The molecule has 4 aromatic carbocycles. The first kappa shape index (κ1) is 24.8. The van der Waals surface area contributed by atoms with Crippen LogP contribution in [0.15, 0.2) is 103 Å². The van der Waals surface area contributed by atoms with E-state index in [1.165, 1.54) is 0 Å². The highest BCUT2D eigenvalue weighted by molar-refractivity contribution is 6.34. The first-order chi connectivity index (χ1) is 19.4. The summed E-state index contributed by atoms with van der Waals surface area (Å²) in [4.78, 5) is 45.5. The van der Waals surface area contributed by atoms with Gasteiger partial charge in [0.25, 0.3) is 0 Å². The molecule has 0 bridgehead atoms. The molecule has 1 fully saturated rings. The number of benzene rings is 4. The smallest absolute Gasteiger partial charge is 0.238 e. The maximum absolute atomic E-state index is 14.7. The van der Waals surface area contributed by atoms with Crippen LogP contribution < -0.4 is 5.32 Å². The molecule has 4 aromatic rings. The molecule has 1 saturated heterocycles. The van der Waals surface area contributed by atoms with Gasteiger partial charge in [-0.2, -0.15) is 0 Å². The number of Topliss-reactive ketones (excluding diaryl/α,β-unsaturated/α-hetero) is 2. The lowest BCUT2D eigenvalue weighted by atomic mass is 9.62. The molecule has 40 heavy (non-hydrogen) atoms. The molecule has 3 aliphatic heterocycles. The van der Waals surface area contributed by atoms with Gasteiger partial charge in [0, 0.05) is 28.0 Å². The Morgan fingerprint density at radius 2 is 1.50 bits per heavy atom. The normalized spacial score (nSPS) is 23.9. The Morgan fingerprint density at radius 1 is 0.800 bits per heavy atom. The summed E-state index contributed by atoms with van der Waals surface area (Å²) in [5.74, 6) is -2.01. The number of carbonyl (C=O) groups is 3. The molecule has 3 heterocycles. The fraction of sp³-hybridized carbons (Fsp3) is 0.121. The Hall–Kier alpha value is -4.19. The number of ketones is 2. The van der Waals surface area contributed by atoms with Gasteiger partial charge in [0.2, 0.25) is 5.91 Å². The molecule has 1 N–H and O–H groups in total. The highest BCUT2D eigenvalue weighted by Gasteiger charge is 2.70. The van der Waals surface area contributed by atoms with Crippen molar-refractivity contribution in [3.05, 3.63) is 141 Å². The third-order valence-corrected chi connectivity index (χ3v) is 8.97. The van der Waals surface area contributed by atoms with E-state index in [0.29, 0.717) is 32.4 Å². The lowest BCUT2D eigenvalue weighted by Gasteiger charge is -2.38. The van der Waals surface area contributed by atoms with E-state index in [0.717, 1.165) is 11.1 Å². The van der Waals surface area contributed by atoms with Crippen LogP contribution in [-0.4, -0.2) is 28.4 Å². The van der Waals surface area contributed by atoms with Crippen molar-refractivity contribution in [3.8, 4) is 0 Å². The molecule has 3 aliphatic rings. The summed E-state index contributed by atoms with van der Waals surface area (Å²) >= 11 is 12.7. The van der Waals surface area contributed by atoms with Crippen LogP contribution >= 0.6 is 23.2 Å². The SMILES string of the molecule is O=C(c1ccccc1Cl)[C@@H]1[C@H](C(=O)c2ccc(Cl)cc2)[C@@]2(C(=O)Nc3ccccc32)[C@@H]2c3ccccc3C=CN12. The van der Waals surface area contributed by atoms with E-state index in [9.17, 15) is 14.4 Å². The fourth-order valence-electron chi connectivity index (χ4n) is 6.78. The predicted octanol–water partition coefficient (Wildman–Crippen LogP) is 6.98. The zero-order valence-electron chi connectivity index (χ0n) is 21.1. The maximum Gasteiger partial charge on any atom is 0.238 e. The largest absolute Gasteiger partial charge is 0.358 e. The first-order valence-corrected chi connectivity index (χ1v) is 13.7. The number of nitrogens with zero attached hydrogens (tertiary/aromatic N) is 1. The van der Waals surface area contributed by atoms with Gasteiger partial charge in [-0.15, -0.1) is 0 Å². The number of para-hydroxylation sites is 1. The monoisotopic (exact) mass is 564 g/mol. The number of anilines is 1. The molecule has 1 spiro atoms. The third-order valence-electron chi connectivity index (χ3n) is 8.39. The minimum atomic E-state index is -1.39. The Bertz CT molecular complexity index is 1750. The van der Waals surface area contributed by atoms with Gasteiger partial charge >= 0.3 is 0 Å². The van der Waals surface area contributed by atoms with Crippen molar-refractivity contribution in [1.29, 1.82) is 0 Å².